The quantitative estimate of drug-likeness (QED) is 0.735. The van der Waals surface area contributed by atoms with Crippen LogP contribution in [0.1, 0.15) is 27.2 Å². The van der Waals surface area contributed by atoms with Crippen molar-refractivity contribution in [1.29, 1.82) is 0 Å². The highest BCUT2D eigenvalue weighted by atomic mass is 19.4. The summed E-state index contributed by atoms with van der Waals surface area (Å²) in [7, 11) is 1.05. The van der Waals surface area contributed by atoms with Crippen molar-refractivity contribution in [3.8, 4) is 0 Å². The summed E-state index contributed by atoms with van der Waals surface area (Å²) in [5, 5.41) is 4.65. The van der Waals surface area contributed by atoms with Gasteiger partial charge in [0.15, 0.2) is 5.69 Å². The van der Waals surface area contributed by atoms with Crippen LogP contribution >= 0.6 is 0 Å². The van der Waals surface area contributed by atoms with Crippen LogP contribution in [0.25, 0.3) is 0 Å². The number of anilines is 1. The number of aromatic nitrogens is 2. The summed E-state index contributed by atoms with van der Waals surface area (Å²) in [4.78, 5) is 12.0. The number of nitrogens with zero attached hydrogens (tertiary/aromatic N) is 2. The second-order valence-electron chi connectivity index (χ2n) is 5.31. The molecule has 148 valence electrons. The largest absolute Gasteiger partial charge is 0.435 e. The molecule has 0 saturated carbocycles. The van der Waals surface area contributed by atoms with Crippen LogP contribution in [-0.4, -0.2) is 15.7 Å². The summed E-state index contributed by atoms with van der Waals surface area (Å²) < 4.78 is 116. The van der Waals surface area contributed by atoms with Gasteiger partial charge in [-0.1, -0.05) is 0 Å². The highest BCUT2D eigenvalue weighted by Gasteiger charge is 2.40. The fourth-order valence-corrected chi connectivity index (χ4v) is 2.09. The van der Waals surface area contributed by atoms with Gasteiger partial charge in [0.2, 0.25) is 0 Å². The number of alkyl halides is 9. The van der Waals surface area contributed by atoms with Crippen LogP contribution in [0.3, 0.4) is 0 Å². The van der Waals surface area contributed by atoms with Crippen molar-refractivity contribution in [3.63, 3.8) is 0 Å². The number of carbonyl (C=O) groups is 1. The monoisotopic (exact) mass is 405 g/mol. The van der Waals surface area contributed by atoms with Crippen LogP contribution in [0.5, 0.6) is 0 Å². The highest BCUT2D eigenvalue weighted by molar-refractivity contribution is 6.05. The minimum absolute atomic E-state index is 0.177. The molecule has 0 fully saturated rings. The van der Waals surface area contributed by atoms with Crippen LogP contribution in [0.4, 0.5) is 45.2 Å². The minimum Gasteiger partial charge on any atom is -0.322 e. The zero-order valence-electron chi connectivity index (χ0n) is 13.0. The zero-order valence-corrected chi connectivity index (χ0v) is 13.0. The Bertz CT molecular complexity index is 830. The van der Waals surface area contributed by atoms with E-state index in [1.54, 1.807) is 5.32 Å². The Kier molecular flexibility index (Phi) is 4.92. The molecule has 27 heavy (non-hydrogen) atoms. The van der Waals surface area contributed by atoms with Crippen molar-refractivity contribution >= 4 is 11.6 Å². The van der Waals surface area contributed by atoms with Crippen molar-refractivity contribution in [2.24, 2.45) is 7.05 Å². The Morgan fingerprint density at radius 1 is 0.889 bits per heavy atom. The molecule has 4 nitrogen and oxygen atoms in total. The molecule has 0 aliphatic rings. The summed E-state index contributed by atoms with van der Waals surface area (Å²) >= 11 is 0. The normalized spacial score (nSPS) is 13.0. The molecule has 0 aliphatic heterocycles. The first-order chi connectivity index (χ1) is 12.1. The SMILES string of the molecule is Cn1cc(C(=O)Nc2cc(C(F)(F)F)cc(C(F)(F)F)c2)c(C(F)(F)F)n1. The van der Waals surface area contributed by atoms with Gasteiger partial charge >= 0.3 is 18.5 Å². The zero-order chi connectivity index (χ0) is 20.8. The van der Waals surface area contributed by atoms with E-state index in [1.165, 1.54) is 0 Å². The standard InChI is InChI=1S/C14H8F9N3O/c1-26-5-9(10(25-26)14(21,22)23)11(27)24-8-3-6(12(15,16)17)2-7(4-8)13(18,19)20/h2-5H,1H3,(H,24,27). The van der Waals surface area contributed by atoms with Gasteiger partial charge in [0, 0.05) is 18.9 Å². The van der Waals surface area contributed by atoms with Crippen molar-refractivity contribution in [1.82, 2.24) is 9.78 Å². The van der Waals surface area contributed by atoms with Crippen LogP contribution in [0.2, 0.25) is 0 Å². The number of carbonyl (C=O) groups excluding carboxylic acids is 1. The Labute approximate surface area is 144 Å². The predicted molar refractivity (Wildman–Crippen MR) is 72.6 cm³/mol. The summed E-state index contributed by atoms with van der Waals surface area (Å²) in [6, 6.07) is 0.175. The van der Waals surface area contributed by atoms with E-state index in [0.717, 1.165) is 7.05 Å². The average Bonchev–Trinajstić information content (AvgIpc) is 2.87. The first kappa shape index (κ1) is 20.6. The average molecular weight is 405 g/mol. The Hall–Kier alpha value is -2.73. The van der Waals surface area contributed by atoms with Crippen LogP contribution in [-0.2, 0) is 25.6 Å². The lowest BCUT2D eigenvalue weighted by Gasteiger charge is -2.15. The van der Waals surface area contributed by atoms with Gasteiger partial charge < -0.3 is 5.32 Å². The molecule has 1 aromatic heterocycles. The van der Waals surface area contributed by atoms with Gasteiger partial charge in [-0.15, -0.1) is 0 Å². The lowest BCUT2D eigenvalue weighted by Crippen LogP contribution is -2.19. The van der Waals surface area contributed by atoms with E-state index in [1.807, 2.05) is 0 Å². The van der Waals surface area contributed by atoms with Crippen molar-refractivity contribution in [2.45, 2.75) is 18.5 Å². The van der Waals surface area contributed by atoms with Crippen molar-refractivity contribution < 1.29 is 44.3 Å². The van der Waals surface area contributed by atoms with Gasteiger partial charge in [-0.2, -0.15) is 44.6 Å². The summed E-state index contributed by atoms with van der Waals surface area (Å²) in [6.45, 7) is 0. The third kappa shape index (κ3) is 4.71. The molecule has 1 heterocycles. The number of rotatable bonds is 2. The van der Waals surface area contributed by atoms with E-state index in [-0.39, 0.29) is 18.2 Å². The smallest absolute Gasteiger partial charge is 0.322 e. The molecule has 0 unspecified atom stereocenters. The second-order valence-corrected chi connectivity index (χ2v) is 5.31. The summed E-state index contributed by atoms with van der Waals surface area (Å²) in [5.74, 6) is -1.57. The number of hydrogen-bond donors (Lipinski definition) is 1. The molecular weight excluding hydrogens is 397 g/mol. The van der Waals surface area contributed by atoms with Gasteiger partial charge in [0.25, 0.3) is 5.91 Å². The highest BCUT2D eigenvalue weighted by Crippen LogP contribution is 2.38. The maximum Gasteiger partial charge on any atom is 0.435 e. The molecule has 1 N–H and O–H groups in total. The summed E-state index contributed by atoms with van der Waals surface area (Å²) in [6.07, 6.45) is -14.8. The van der Waals surface area contributed by atoms with Gasteiger partial charge in [-0.3, -0.25) is 9.48 Å². The van der Waals surface area contributed by atoms with E-state index in [9.17, 15) is 44.3 Å². The minimum atomic E-state index is -5.17. The molecule has 0 spiro atoms. The number of halogens is 9. The predicted octanol–water partition coefficient (Wildman–Crippen LogP) is 4.73. The molecule has 0 bridgehead atoms. The molecule has 13 heteroatoms. The van der Waals surface area contributed by atoms with Gasteiger partial charge in [0.05, 0.1) is 16.7 Å². The van der Waals surface area contributed by atoms with Crippen molar-refractivity contribution in [3.05, 3.63) is 46.8 Å². The topological polar surface area (TPSA) is 46.9 Å². The van der Waals surface area contributed by atoms with Gasteiger partial charge in [-0.25, -0.2) is 0 Å². The van der Waals surface area contributed by atoms with Crippen LogP contribution < -0.4 is 5.32 Å². The lowest BCUT2D eigenvalue weighted by molar-refractivity contribution is -0.143. The fourth-order valence-electron chi connectivity index (χ4n) is 2.09. The van der Waals surface area contributed by atoms with Gasteiger partial charge in [-0.05, 0) is 18.2 Å². The molecular formula is C14H8F9N3O. The number of amides is 1. The maximum atomic E-state index is 12.8. The van der Waals surface area contributed by atoms with E-state index >= 15 is 0 Å². The number of aryl methyl sites for hydroxylation is 1. The number of hydrogen-bond acceptors (Lipinski definition) is 2. The molecule has 0 saturated heterocycles. The summed E-state index contributed by atoms with van der Waals surface area (Å²) in [5.41, 5.74) is -7.12. The molecule has 1 amide bonds. The lowest BCUT2D eigenvalue weighted by atomic mass is 10.1. The molecule has 0 radical (unpaired) electrons. The third-order valence-electron chi connectivity index (χ3n) is 3.19. The molecule has 2 aromatic rings. The van der Waals surface area contributed by atoms with E-state index in [4.69, 9.17) is 0 Å². The first-order valence-electron chi connectivity index (χ1n) is 6.80. The Balaban J connectivity index is 2.47. The third-order valence-corrected chi connectivity index (χ3v) is 3.19. The molecule has 0 atom stereocenters. The Morgan fingerprint density at radius 2 is 1.37 bits per heavy atom. The van der Waals surface area contributed by atoms with Crippen LogP contribution in [0.15, 0.2) is 24.4 Å². The van der Waals surface area contributed by atoms with E-state index in [0.29, 0.717) is 10.9 Å². The fraction of sp³-hybridized carbons (Fsp3) is 0.286. The molecule has 0 aliphatic carbocycles. The van der Waals surface area contributed by atoms with E-state index in [2.05, 4.69) is 5.10 Å². The second kappa shape index (κ2) is 6.46. The number of nitrogens with one attached hydrogen (secondary N) is 1. The molecule has 2 rings (SSSR count). The van der Waals surface area contributed by atoms with Gasteiger partial charge in [0.1, 0.15) is 0 Å². The maximum absolute atomic E-state index is 12.8. The van der Waals surface area contributed by atoms with E-state index < -0.39 is 52.5 Å². The first-order valence-corrected chi connectivity index (χ1v) is 6.80. The molecule has 1 aromatic carbocycles. The van der Waals surface area contributed by atoms with Crippen LogP contribution in [0, 0.1) is 0 Å². The number of benzene rings is 1. The van der Waals surface area contributed by atoms with Crippen molar-refractivity contribution in [2.75, 3.05) is 5.32 Å². The Morgan fingerprint density at radius 3 is 1.78 bits per heavy atom.